The van der Waals surface area contributed by atoms with Crippen LogP contribution in [0.3, 0.4) is 0 Å². The van der Waals surface area contributed by atoms with E-state index in [1.807, 2.05) is 0 Å². The first-order chi connectivity index (χ1) is 11.2. The van der Waals surface area contributed by atoms with E-state index in [2.05, 4.69) is 61.5 Å². The van der Waals surface area contributed by atoms with Gasteiger partial charge in [-0.15, -0.1) is 0 Å². The largest absolute Gasteiger partial charge is 0.377 e. The molecule has 0 unspecified atom stereocenters. The Hall–Kier alpha value is -1.81. The zero-order valence-corrected chi connectivity index (χ0v) is 14.6. The smallest absolute Gasteiger partial charge is 0.193 e. The predicted molar refractivity (Wildman–Crippen MR) is 96.8 cm³/mol. The van der Waals surface area contributed by atoms with Gasteiger partial charge in [0.1, 0.15) is 0 Å². The number of hydrogen-bond acceptors (Lipinski definition) is 2. The average Bonchev–Trinajstić information content (AvgIpc) is 2.57. The molecular weight excluding hydrogens is 286 g/mol. The van der Waals surface area contributed by atoms with Gasteiger partial charge in [-0.3, -0.25) is 4.99 Å². The summed E-state index contributed by atoms with van der Waals surface area (Å²) >= 11 is 0. The van der Waals surface area contributed by atoms with Crippen LogP contribution in [0, 0.1) is 6.92 Å². The van der Waals surface area contributed by atoms with Crippen molar-refractivity contribution < 1.29 is 4.74 Å². The van der Waals surface area contributed by atoms with Gasteiger partial charge in [0.25, 0.3) is 0 Å². The van der Waals surface area contributed by atoms with Gasteiger partial charge in [0.05, 0.1) is 13.2 Å². The summed E-state index contributed by atoms with van der Waals surface area (Å²) in [6.07, 6.45) is 4.27. The lowest BCUT2D eigenvalue weighted by atomic mass is 10.1. The van der Waals surface area contributed by atoms with Crippen LogP contribution < -0.4 is 5.32 Å². The molecule has 0 radical (unpaired) electrons. The number of nitrogens with one attached hydrogen (secondary N) is 1. The minimum atomic E-state index is 0.756. The SMILES string of the molecule is CCNC(=NCCC1=CCOCC1)N(C)Cc1ccccc1C. The fourth-order valence-electron chi connectivity index (χ4n) is 2.69. The molecule has 2 rings (SSSR count). The number of benzene rings is 1. The lowest BCUT2D eigenvalue weighted by Gasteiger charge is -2.23. The van der Waals surface area contributed by atoms with Crippen LogP contribution in [0.4, 0.5) is 0 Å². The van der Waals surface area contributed by atoms with E-state index in [4.69, 9.17) is 9.73 Å². The second-order valence-electron chi connectivity index (χ2n) is 5.96. The molecule has 0 atom stereocenters. The van der Waals surface area contributed by atoms with E-state index in [9.17, 15) is 0 Å². The predicted octanol–water partition coefficient (Wildman–Crippen LogP) is 3.13. The Labute approximate surface area is 140 Å². The number of ether oxygens (including phenoxy) is 1. The molecule has 0 bridgehead atoms. The molecule has 0 aliphatic carbocycles. The molecule has 4 nitrogen and oxygen atoms in total. The molecule has 0 saturated heterocycles. The monoisotopic (exact) mass is 315 g/mol. The van der Waals surface area contributed by atoms with Crippen LogP contribution in [0.5, 0.6) is 0 Å². The Morgan fingerprint density at radius 1 is 1.35 bits per heavy atom. The van der Waals surface area contributed by atoms with E-state index in [-0.39, 0.29) is 0 Å². The minimum Gasteiger partial charge on any atom is -0.377 e. The average molecular weight is 315 g/mol. The Balaban J connectivity index is 1.94. The summed E-state index contributed by atoms with van der Waals surface area (Å²) in [5.74, 6) is 0.975. The highest BCUT2D eigenvalue weighted by molar-refractivity contribution is 5.79. The van der Waals surface area contributed by atoms with Crippen LogP contribution in [0.2, 0.25) is 0 Å². The van der Waals surface area contributed by atoms with Crippen LogP contribution in [0.25, 0.3) is 0 Å². The van der Waals surface area contributed by atoms with E-state index in [0.29, 0.717) is 0 Å². The number of aryl methyl sites for hydroxylation is 1. The van der Waals surface area contributed by atoms with E-state index in [1.54, 1.807) is 0 Å². The van der Waals surface area contributed by atoms with Gasteiger partial charge < -0.3 is 15.0 Å². The van der Waals surface area contributed by atoms with Gasteiger partial charge in [-0.05, 0) is 37.8 Å². The molecule has 4 heteroatoms. The maximum atomic E-state index is 5.35. The van der Waals surface area contributed by atoms with Gasteiger partial charge >= 0.3 is 0 Å². The van der Waals surface area contributed by atoms with E-state index < -0.39 is 0 Å². The van der Waals surface area contributed by atoms with Crippen LogP contribution in [-0.4, -0.2) is 44.2 Å². The van der Waals surface area contributed by atoms with Crippen LogP contribution in [0.15, 0.2) is 40.9 Å². The summed E-state index contributed by atoms with van der Waals surface area (Å²) in [5, 5.41) is 3.39. The maximum absolute atomic E-state index is 5.35. The van der Waals surface area contributed by atoms with Crippen molar-refractivity contribution in [3.8, 4) is 0 Å². The molecule has 0 amide bonds. The lowest BCUT2D eigenvalue weighted by molar-refractivity contribution is 0.153. The lowest BCUT2D eigenvalue weighted by Crippen LogP contribution is -2.38. The summed E-state index contributed by atoms with van der Waals surface area (Å²) in [7, 11) is 2.10. The fourth-order valence-corrected chi connectivity index (χ4v) is 2.69. The Kier molecular flexibility index (Phi) is 7.14. The number of nitrogens with zero attached hydrogens (tertiary/aromatic N) is 2. The summed E-state index contributed by atoms with van der Waals surface area (Å²) in [5.41, 5.74) is 4.13. The van der Waals surface area contributed by atoms with Crippen molar-refractivity contribution in [3.63, 3.8) is 0 Å². The second-order valence-corrected chi connectivity index (χ2v) is 5.96. The third-order valence-corrected chi connectivity index (χ3v) is 4.12. The molecule has 1 aliphatic rings. The number of hydrogen-bond donors (Lipinski definition) is 1. The summed E-state index contributed by atoms with van der Waals surface area (Å²) in [6.45, 7) is 8.45. The van der Waals surface area contributed by atoms with Crippen LogP contribution >= 0.6 is 0 Å². The summed E-state index contributed by atoms with van der Waals surface area (Å²) in [6, 6.07) is 8.52. The van der Waals surface area contributed by atoms with Crippen molar-refractivity contribution in [2.45, 2.75) is 33.2 Å². The second kappa shape index (κ2) is 9.36. The summed E-state index contributed by atoms with van der Waals surface area (Å²) in [4.78, 5) is 6.98. The topological polar surface area (TPSA) is 36.9 Å². The van der Waals surface area contributed by atoms with Gasteiger partial charge in [-0.2, -0.15) is 0 Å². The molecule has 126 valence electrons. The van der Waals surface area contributed by atoms with E-state index >= 15 is 0 Å². The zero-order chi connectivity index (χ0) is 16.5. The quantitative estimate of drug-likeness (QED) is 0.498. The molecule has 1 N–H and O–H groups in total. The molecule has 1 aromatic carbocycles. The number of rotatable bonds is 6. The fraction of sp³-hybridized carbons (Fsp3) is 0.526. The highest BCUT2D eigenvalue weighted by atomic mass is 16.5. The zero-order valence-electron chi connectivity index (χ0n) is 14.6. The van der Waals surface area contributed by atoms with Crippen molar-refractivity contribution in [1.29, 1.82) is 0 Å². The number of guanidine groups is 1. The van der Waals surface area contributed by atoms with Crippen molar-refractivity contribution >= 4 is 5.96 Å². The molecular formula is C19H29N3O. The van der Waals surface area contributed by atoms with Gasteiger partial charge in [-0.25, -0.2) is 0 Å². The van der Waals surface area contributed by atoms with Gasteiger partial charge in [0, 0.05) is 26.7 Å². The van der Waals surface area contributed by atoms with Crippen molar-refractivity contribution in [2.24, 2.45) is 4.99 Å². The first-order valence-electron chi connectivity index (χ1n) is 8.50. The van der Waals surface area contributed by atoms with E-state index in [0.717, 1.165) is 51.6 Å². The molecule has 1 aliphatic heterocycles. The molecule has 0 saturated carbocycles. The number of aliphatic imine (C=N–C) groups is 1. The van der Waals surface area contributed by atoms with Crippen LogP contribution in [-0.2, 0) is 11.3 Å². The molecule has 23 heavy (non-hydrogen) atoms. The third-order valence-electron chi connectivity index (χ3n) is 4.12. The molecule has 0 aromatic heterocycles. The molecule has 0 fully saturated rings. The van der Waals surface area contributed by atoms with Crippen LogP contribution in [0.1, 0.15) is 30.9 Å². The van der Waals surface area contributed by atoms with Crippen molar-refractivity contribution in [2.75, 3.05) is 33.4 Å². The molecule has 0 spiro atoms. The molecule has 1 aromatic rings. The Morgan fingerprint density at radius 2 is 2.17 bits per heavy atom. The maximum Gasteiger partial charge on any atom is 0.193 e. The Bertz CT molecular complexity index is 551. The first kappa shape index (κ1) is 17.5. The minimum absolute atomic E-state index is 0.756. The normalized spacial score (nSPS) is 15.3. The van der Waals surface area contributed by atoms with Gasteiger partial charge in [-0.1, -0.05) is 35.9 Å². The highest BCUT2D eigenvalue weighted by Crippen LogP contribution is 2.12. The highest BCUT2D eigenvalue weighted by Gasteiger charge is 2.08. The van der Waals surface area contributed by atoms with Crippen molar-refractivity contribution in [3.05, 3.63) is 47.0 Å². The molecule has 1 heterocycles. The first-order valence-corrected chi connectivity index (χ1v) is 8.50. The van der Waals surface area contributed by atoms with Gasteiger partial charge in [0.15, 0.2) is 5.96 Å². The van der Waals surface area contributed by atoms with E-state index in [1.165, 1.54) is 16.7 Å². The standard InChI is InChI=1S/C19H29N3O/c1-4-20-19(21-12-9-17-10-13-23-14-11-17)22(3)15-18-8-6-5-7-16(18)2/h5-8,10H,4,9,11-15H2,1-3H3,(H,20,21). The Morgan fingerprint density at radius 3 is 2.87 bits per heavy atom. The third kappa shape index (κ3) is 5.71. The summed E-state index contributed by atoms with van der Waals surface area (Å²) < 4.78 is 5.35. The van der Waals surface area contributed by atoms with Crippen molar-refractivity contribution in [1.82, 2.24) is 10.2 Å². The van der Waals surface area contributed by atoms with Gasteiger partial charge in [0.2, 0.25) is 0 Å².